The molecule has 0 saturated heterocycles. The third-order valence-electron chi connectivity index (χ3n) is 5.12. The van der Waals surface area contributed by atoms with Crippen LogP contribution >= 0.6 is 0 Å². The van der Waals surface area contributed by atoms with E-state index in [4.69, 9.17) is 19.9 Å². The van der Waals surface area contributed by atoms with E-state index in [0.717, 1.165) is 37.7 Å². The highest BCUT2D eigenvalue weighted by Crippen LogP contribution is 2.54. The van der Waals surface area contributed by atoms with Crippen molar-refractivity contribution in [3.05, 3.63) is 22.9 Å². The Morgan fingerprint density at radius 3 is 2.80 bits per heavy atom. The molecule has 1 aliphatic carbocycles. The number of amides is 1. The quantitative estimate of drug-likeness (QED) is 0.801. The summed E-state index contributed by atoms with van der Waals surface area (Å²) < 4.78 is 16.2. The zero-order valence-electron chi connectivity index (χ0n) is 14.6. The van der Waals surface area contributed by atoms with Crippen molar-refractivity contribution < 1.29 is 19.0 Å². The molecular formula is C17H24N4O4. The number of hydrogen-bond acceptors (Lipinski definition) is 7. The van der Waals surface area contributed by atoms with Gasteiger partial charge in [-0.15, -0.1) is 0 Å². The van der Waals surface area contributed by atoms with Crippen molar-refractivity contribution in [2.45, 2.75) is 45.1 Å². The third kappa shape index (κ3) is 2.73. The number of nitriles is 1. The number of allylic oxidation sites excluding steroid dienone is 1. The molecule has 0 aromatic heterocycles. The number of hydrazine groups is 1. The Labute approximate surface area is 147 Å². The summed E-state index contributed by atoms with van der Waals surface area (Å²) in [5, 5.41) is 11.0. The SMILES string of the molecule is CCOC(=O)N1NC(COC)C2=C1OC(N)=C(C#N)C21CCCCC1. The second-order valence-corrected chi connectivity index (χ2v) is 6.49. The maximum absolute atomic E-state index is 12.3. The van der Waals surface area contributed by atoms with E-state index in [1.54, 1.807) is 14.0 Å². The van der Waals surface area contributed by atoms with Crippen LogP contribution in [-0.2, 0) is 14.2 Å². The molecule has 3 aliphatic rings. The van der Waals surface area contributed by atoms with Crippen LogP contribution in [0.2, 0.25) is 0 Å². The normalized spacial score (nSPS) is 24.8. The summed E-state index contributed by atoms with van der Waals surface area (Å²) in [7, 11) is 1.60. The standard InChI is InChI=1S/C17H24N4O4/c1-3-24-16(22)21-15-13(12(20-21)10-23-2)17(7-5-4-6-8-17)11(9-18)14(19)25-15/h12,20H,3-8,10,19H2,1-2H3. The van der Waals surface area contributed by atoms with Crippen LogP contribution in [-0.4, -0.2) is 37.5 Å². The Bertz CT molecular complexity index is 658. The first-order valence-corrected chi connectivity index (χ1v) is 8.64. The van der Waals surface area contributed by atoms with Crippen LogP contribution in [0.5, 0.6) is 0 Å². The third-order valence-corrected chi connectivity index (χ3v) is 5.12. The molecule has 0 bridgehead atoms. The lowest BCUT2D eigenvalue weighted by Gasteiger charge is -2.42. The lowest BCUT2D eigenvalue weighted by molar-refractivity contribution is 0.0684. The van der Waals surface area contributed by atoms with Gasteiger partial charge in [0.15, 0.2) is 0 Å². The van der Waals surface area contributed by atoms with E-state index < -0.39 is 11.5 Å². The summed E-state index contributed by atoms with van der Waals surface area (Å²) >= 11 is 0. The van der Waals surface area contributed by atoms with Gasteiger partial charge < -0.3 is 19.9 Å². The minimum Gasteiger partial charge on any atom is -0.448 e. The minimum atomic E-state index is -0.562. The van der Waals surface area contributed by atoms with Crippen molar-refractivity contribution >= 4 is 6.09 Å². The average molecular weight is 348 g/mol. The van der Waals surface area contributed by atoms with Gasteiger partial charge in [-0.25, -0.2) is 10.2 Å². The maximum atomic E-state index is 12.3. The van der Waals surface area contributed by atoms with Gasteiger partial charge in [-0.3, -0.25) is 0 Å². The molecule has 136 valence electrons. The number of nitrogens with zero attached hydrogens (tertiary/aromatic N) is 2. The average Bonchev–Trinajstić information content (AvgIpc) is 2.95. The molecule has 2 aliphatic heterocycles. The summed E-state index contributed by atoms with van der Waals surface area (Å²) in [6.07, 6.45) is 4.15. The Morgan fingerprint density at radius 2 is 2.20 bits per heavy atom. The van der Waals surface area contributed by atoms with Gasteiger partial charge >= 0.3 is 6.09 Å². The van der Waals surface area contributed by atoms with Crippen molar-refractivity contribution in [2.75, 3.05) is 20.3 Å². The van der Waals surface area contributed by atoms with E-state index in [2.05, 4.69) is 11.5 Å². The first-order chi connectivity index (χ1) is 12.1. The van der Waals surface area contributed by atoms with Crippen LogP contribution in [0.1, 0.15) is 39.0 Å². The molecular weight excluding hydrogens is 324 g/mol. The van der Waals surface area contributed by atoms with Gasteiger partial charge in [-0.05, 0) is 19.8 Å². The zero-order chi connectivity index (χ0) is 18.0. The van der Waals surface area contributed by atoms with Gasteiger partial charge in [0, 0.05) is 18.1 Å². The number of nitrogens with two attached hydrogens (primary N) is 1. The highest BCUT2D eigenvalue weighted by Gasteiger charge is 2.54. The summed E-state index contributed by atoms with van der Waals surface area (Å²) in [6.45, 7) is 2.33. The number of hydrogen-bond donors (Lipinski definition) is 2. The van der Waals surface area contributed by atoms with Crippen molar-refractivity contribution in [2.24, 2.45) is 11.1 Å². The van der Waals surface area contributed by atoms with Gasteiger partial charge in [0.25, 0.3) is 0 Å². The van der Waals surface area contributed by atoms with Gasteiger partial charge in [0.05, 0.1) is 24.8 Å². The van der Waals surface area contributed by atoms with Gasteiger partial charge in [0.1, 0.15) is 6.07 Å². The van der Waals surface area contributed by atoms with Crippen LogP contribution in [0, 0.1) is 16.7 Å². The summed E-state index contributed by atoms with van der Waals surface area (Å²) in [5.74, 6) is 0.399. The van der Waals surface area contributed by atoms with Crippen molar-refractivity contribution in [1.29, 1.82) is 5.26 Å². The molecule has 1 atom stereocenters. The molecule has 25 heavy (non-hydrogen) atoms. The molecule has 1 saturated carbocycles. The molecule has 3 N–H and O–H groups in total. The zero-order valence-corrected chi connectivity index (χ0v) is 14.6. The number of methoxy groups -OCH3 is 1. The van der Waals surface area contributed by atoms with E-state index in [-0.39, 0.29) is 18.5 Å². The first-order valence-electron chi connectivity index (χ1n) is 8.64. The smallest absolute Gasteiger partial charge is 0.431 e. The van der Waals surface area contributed by atoms with Crippen LogP contribution in [0.3, 0.4) is 0 Å². The Hall–Kier alpha value is -2.24. The number of ether oxygens (including phenoxy) is 3. The lowest BCUT2D eigenvalue weighted by atomic mass is 9.62. The summed E-state index contributed by atoms with van der Waals surface area (Å²) in [6, 6.07) is 1.97. The number of rotatable bonds is 3. The van der Waals surface area contributed by atoms with E-state index in [9.17, 15) is 10.1 Å². The monoisotopic (exact) mass is 348 g/mol. The molecule has 1 fully saturated rings. The minimum absolute atomic E-state index is 0.0670. The van der Waals surface area contributed by atoms with E-state index >= 15 is 0 Å². The van der Waals surface area contributed by atoms with Crippen molar-refractivity contribution in [1.82, 2.24) is 10.4 Å². The van der Waals surface area contributed by atoms with Crippen LogP contribution in [0.4, 0.5) is 4.79 Å². The molecule has 8 heteroatoms. The Balaban J connectivity index is 2.10. The number of nitrogens with one attached hydrogen (secondary N) is 1. The molecule has 2 heterocycles. The van der Waals surface area contributed by atoms with Crippen molar-refractivity contribution in [3.8, 4) is 6.07 Å². The second kappa shape index (κ2) is 6.94. The molecule has 8 nitrogen and oxygen atoms in total. The molecule has 1 spiro atoms. The molecule has 3 rings (SSSR count). The van der Waals surface area contributed by atoms with Crippen LogP contribution in [0.15, 0.2) is 22.9 Å². The molecule has 0 radical (unpaired) electrons. The molecule has 1 unspecified atom stereocenters. The second-order valence-electron chi connectivity index (χ2n) is 6.49. The maximum Gasteiger partial charge on any atom is 0.431 e. The van der Waals surface area contributed by atoms with Gasteiger partial charge in [-0.1, -0.05) is 19.3 Å². The fourth-order valence-electron chi connectivity index (χ4n) is 4.16. The fraction of sp³-hybridized carbons (Fsp3) is 0.647. The van der Waals surface area contributed by atoms with Gasteiger partial charge in [0.2, 0.25) is 11.8 Å². The van der Waals surface area contributed by atoms with Crippen molar-refractivity contribution in [3.63, 3.8) is 0 Å². The predicted octanol–water partition coefficient (Wildman–Crippen LogP) is 1.86. The Morgan fingerprint density at radius 1 is 1.48 bits per heavy atom. The largest absolute Gasteiger partial charge is 0.448 e. The highest BCUT2D eigenvalue weighted by molar-refractivity contribution is 5.71. The first kappa shape index (κ1) is 17.6. The highest BCUT2D eigenvalue weighted by atomic mass is 16.6. The number of fused-ring (bicyclic) bond motifs is 1. The van der Waals surface area contributed by atoms with Crippen LogP contribution in [0.25, 0.3) is 0 Å². The molecule has 0 aromatic carbocycles. The van der Waals surface area contributed by atoms with E-state index in [0.29, 0.717) is 18.1 Å². The van der Waals surface area contributed by atoms with Crippen LogP contribution < -0.4 is 11.2 Å². The predicted molar refractivity (Wildman–Crippen MR) is 88.1 cm³/mol. The summed E-state index contributed by atoms with van der Waals surface area (Å²) in [5.41, 5.74) is 9.98. The number of carbonyl (C=O) groups excluding carboxylic acids is 1. The number of carbonyl (C=O) groups is 1. The lowest BCUT2D eigenvalue weighted by Crippen LogP contribution is -2.44. The fourth-order valence-corrected chi connectivity index (χ4v) is 4.16. The topological polar surface area (TPSA) is 110 Å². The molecule has 1 amide bonds. The van der Waals surface area contributed by atoms with Gasteiger partial charge in [-0.2, -0.15) is 10.3 Å². The molecule has 0 aromatic rings. The Kier molecular flexibility index (Phi) is 4.88. The van der Waals surface area contributed by atoms with E-state index in [1.165, 1.54) is 5.01 Å². The van der Waals surface area contributed by atoms with E-state index in [1.807, 2.05) is 0 Å². The summed E-state index contributed by atoms with van der Waals surface area (Å²) in [4.78, 5) is 12.3.